The molecule has 0 aromatic carbocycles. The van der Waals surface area contributed by atoms with E-state index in [0.717, 1.165) is 0 Å². The predicted octanol–water partition coefficient (Wildman–Crippen LogP) is -1.66. The normalized spacial score (nSPS) is 11.4. The van der Waals surface area contributed by atoms with Crippen LogP contribution in [0.1, 0.15) is 6.92 Å². The molecule has 0 saturated carbocycles. The minimum atomic E-state index is -3.39. The van der Waals surface area contributed by atoms with Gasteiger partial charge in [-0.3, -0.25) is 4.79 Å². The molecule has 3 N–H and O–H groups in total. The molecule has 0 saturated heterocycles. The molecule has 0 fully saturated rings. The Balaban J connectivity index is 4.00. The number of sulfonamides is 1. The van der Waals surface area contributed by atoms with Gasteiger partial charge in [0, 0.05) is 20.1 Å². The van der Waals surface area contributed by atoms with Crippen molar-refractivity contribution in [2.45, 2.75) is 6.92 Å². The summed E-state index contributed by atoms with van der Waals surface area (Å²) in [5.41, 5.74) is 5.09. The molecule has 6 nitrogen and oxygen atoms in total. The molecule has 0 atom stereocenters. The van der Waals surface area contributed by atoms with Gasteiger partial charge in [-0.1, -0.05) is 0 Å². The number of nitrogens with one attached hydrogen (secondary N) is 1. The predicted molar refractivity (Wildman–Crippen MR) is 54.2 cm³/mol. The number of hydrogen-bond acceptors (Lipinski definition) is 4. The molecule has 0 radical (unpaired) electrons. The van der Waals surface area contributed by atoms with Crippen molar-refractivity contribution in [1.29, 1.82) is 0 Å². The van der Waals surface area contributed by atoms with E-state index in [1.54, 1.807) is 7.05 Å². The Hall–Kier alpha value is -0.660. The van der Waals surface area contributed by atoms with Crippen molar-refractivity contribution >= 4 is 15.9 Å². The topological polar surface area (TPSA) is 92.5 Å². The molecule has 14 heavy (non-hydrogen) atoms. The van der Waals surface area contributed by atoms with Gasteiger partial charge in [0.2, 0.25) is 15.9 Å². The van der Waals surface area contributed by atoms with Crippen molar-refractivity contribution in [3.63, 3.8) is 0 Å². The lowest BCUT2D eigenvalue weighted by atomic mass is 10.5. The van der Waals surface area contributed by atoms with Crippen LogP contribution in [0.25, 0.3) is 0 Å². The van der Waals surface area contributed by atoms with Crippen LogP contribution in [-0.2, 0) is 14.8 Å². The average molecular weight is 223 g/mol. The highest BCUT2D eigenvalue weighted by atomic mass is 32.2. The Morgan fingerprint density at radius 2 is 2.07 bits per heavy atom. The highest BCUT2D eigenvalue weighted by molar-refractivity contribution is 7.89. The summed E-state index contributed by atoms with van der Waals surface area (Å²) in [6.45, 7) is 2.21. The molecule has 0 unspecified atom stereocenters. The van der Waals surface area contributed by atoms with Crippen molar-refractivity contribution in [3.05, 3.63) is 0 Å². The van der Waals surface area contributed by atoms with E-state index < -0.39 is 10.0 Å². The summed E-state index contributed by atoms with van der Waals surface area (Å²) < 4.78 is 24.3. The van der Waals surface area contributed by atoms with Crippen molar-refractivity contribution in [1.82, 2.24) is 9.62 Å². The zero-order valence-corrected chi connectivity index (χ0v) is 9.30. The Kier molecular flexibility index (Phi) is 5.66. The SMILES string of the molecule is CCN(C)C(=O)CNS(=O)(=O)CCN. The summed E-state index contributed by atoms with van der Waals surface area (Å²) in [7, 11) is -1.78. The third-order valence-electron chi connectivity index (χ3n) is 1.73. The van der Waals surface area contributed by atoms with Gasteiger partial charge < -0.3 is 10.6 Å². The molecule has 0 aromatic heterocycles. The van der Waals surface area contributed by atoms with E-state index in [1.165, 1.54) is 4.90 Å². The third-order valence-corrected chi connectivity index (χ3v) is 3.09. The van der Waals surface area contributed by atoms with Crippen LogP contribution >= 0.6 is 0 Å². The van der Waals surface area contributed by atoms with E-state index in [1.807, 2.05) is 6.92 Å². The lowest BCUT2D eigenvalue weighted by Crippen LogP contribution is -2.39. The maximum atomic E-state index is 11.2. The van der Waals surface area contributed by atoms with E-state index in [0.29, 0.717) is 6.54 Å². The molecular weight excluding hydrogens is 206 g/mol. The maximum Gasteiger partial charge on any atom is 0.237 e. The van der Waals surface area contributed by atoms with Gasteiger partial charge in [-0.25, -0.2) is 13.1 Å². The standard InChI is InChI=1S/C7H17N3O3S/c1-3-10(2)7(11)6-9-14(12,13)5-4-8/h9H,3-6,8H2,1-2H3. The van der Waals surface area contributed by atoms with Crippen molar-refractivity contribution in [3.8, 4) is 0 Å². The molecule has 0 aromatic rings. The summed E-state index contributed by atoms with van der Waals surface area (Å²) in [5, 5.41) is 0. The second-order valence-electron chi connectivity index (χ2n) is 2.84. The summed E-state index contributed by atoms with van der Waals surface area (Å²) in [6.07, 6.45) is 0. The number of rotatable bonds is 6. The number of hydrogen-bond donors (Lipinski definition) is 2. The molecule has 0 aliphatic heterocycles. The third kappa shape index (κ3) is 5.15. The fraction of sp³-hybridized carbons (Fsp3) is 0.857. The molecule has 0 aliphatic rings. The van der Waals surface area contributed by atoms with Crippen molar-refractivity contribution in [2.75, 3.05) is 32.4 Å². The average Bonchev–Trinajstić information content (AvgIpc) is 2.13. The molecule has 0 rings (SSSR count). The largest absolute Gasteiger partial charge is 0.345 e. The highest BCUT2D eigenvalue weighted by Gasteiger charge is 2.12. The minimum absolute atomic E-state index is 0.0488. The zero-order valence-electron chi connectivity index (χ0n) is 8.49. The number of nitrogens with two attached hydrogens (primary N) is 1. The van der Waals surface area contributed by atoms with Gasteiger partial charge in [-0.05, 0) is 6.92 Å². The molecule has 84 valence electrons. The van der Waals surface area contributed by atoms with Crippen LogP contribution in [0.15, 0.2) is 0 Å². The fourth-order valence-corrected chi connectivity index (χ4v) is 1.51. The first-order chi connectivity index (χ1) is 6.43. The highest BCUT2D eigenvalue weighted by Crippen LogP contribution is 1.85. The Bertz CT molecular complexity index is 276. The molecule has 7 heteroatoms. The van der Waals surface area contributed by atoms with E-state index in [-0.39, 0.29) is 24.7 Å². The van der Waals surface area contributed by atoms with Gasteiger partial charge in [-0.2, -0.15) is 0 Å². The van der Waals surface area contributed by atoms with E-state index in [2.05, 4.69) is 4.72 Å². The first-order valence-electron chi connectivity index (χ1n) is 4.34. The monoisotopic (exact) mass is 223 g/mol. The number of likely N-dealkylation sites (N-methyl/N-ethyl adjacent to an activating group) is 1. The summed E-state index contributed by atoms with van der Waals surface area (Å²) in [4.78, 5) is 12.6. The van der Waals surface area contributed by atoms with Crippen molar-refractivity contribution < 1.29 is 13.2 Å². The van der Waals surface area contributed by atoms with E-state index >= 15 is 0 Å². The summed E-state index contributed by atoms with van der Waals surface area (Å²) >= 11 is 0. The number of nitrogens with zero attached hydrogens (tertiary/aromatic N) is 1. The van der Waals surface area contributed by atoms with Crippen LogP contribution in [0.2, 0.25) is 0 Å². The van der Waals surface area contributed by atoms with Crippen molar-refractivity contribution in [2.24, 2.45) is 5.73 Å². The van der Waals surface area contributed by atoms with Crippen LogP contribution in [0, 0.1) is 0 Å². The molecule has 0 spiro atoms. The molecule has 0 bridgehead atoms. The Labute approximate surface area is 84.5 Å². The number of carbonyl (C=O) groups excluding carboxylic acids is 1. The fourth-order valence-electron chi connectivity index (χ4n) is 0.710. The molecular formula is C7H17N3O3S. The summed E-state index contributed by atoms with van der Waals surface area (Å²) in [6, 6.07) is 0. The van der Waals surface area contributed by atoms with E-state index in [9.17, 15) is 13.2 Å². The van der Waals surface area contributed by atoms with Crippen LogP contribution in [-0.4, -0.2) is 51.7 Å². The quantitative estimate of drug-likeness (QED) is 0.564. The molecule has 0 aliphatic carbocycles. The van der Waals surface area contributed by atoms with E-state index in [4.69, 9.17) is 5.73 Å². The number of amides is 1. The first-order valence-corrected chi connectivity index (χ1v) is 5.99. The van der Waals surface area contributed by atoms with Crippen LogP contribution < -0.4 is 10.5 Å². The molecule has 1 amide bonds. The minimum Gasteiger partial charge on any atom is -0.345 e. The number of carbonyl (C=O) groups is 1. The zero-order chi connectivity index (χ0) is 11.2. The second kappa shape index (κ2) is 5.94. The second-order valence-corrected chi connectivity index (χ2v) is 4.76. The smallest absolute Gasteiger partial charge is 0.237 e. The molecule has 0 heterocycles. The lowest BCUT2D eigenvalue weighted by Gasteiger charge is -2.14. The maximum absolute atomic E-state index is 11.2. The van der Waals surface area contributed by atoms with Gasteiger partial charge in [0.25, 0.3) is 0 Å². The summed E-state index contributed by atoms with van der Waals surface area (Å²) in [5.74, 6) is -0.413. The van der Waals surface area contributed by atoms with Gasteiger partial charge in [0.05, 0.1) is 12.3 Å². The van der Waals surface area contributed by atoms with Gasteiger partial charge in [0.15, 0.2) is 0 Å². The van der Waals surface area contributed by atoms with Gasteiger partial charge in [-0.15, -0.1) is 0 Å². The van der Waals surface area contributed by atoms with Gasteiger partial charge in [0.1, 0.15) is 0 Å². The lowest BCUT2D eigenvalue weighted by molar-refractivity contribution is -0.128. The van der Waals surface area contributed by atoms with Crippen LogP contribution in [0.5, 0.6) is 0 Å². The Morgan fingerprint density at radius 1 is 1.50 bits per heavy atom. The van der Waals surface area contributed by atoms with Gasteiger partial charge >= 0.3 is 0 Å². The van der Waals surface area contributed by atoms with Crippen LogP contribution in [0.3, 0.4) is 0 Å². The Morgan fingerprint density at radius 3 is 2.50 bits per heavy atom. The van der Waals surface area contributed by atoms with Crippen LogP contribution in [0.4, 0.5) is 0 Å². The first kappa shape index (κ1) is 13.3.